The highest BCUT2D eigenvalue weighted by molar-refractivity contribution is 5.76. The number of oxazole rings is 1. The Balaban J connectivity index is 1.57. The predicted molar refractivity (Wildman–Crippen MR) is 92.2 cm³/mol. The normalized spacial score (nSPS) is 15.5. The number of nitrogens with one attached hydrogen (secondary N) is 1. The van der Waals surface area contributed by atoms with Crippen molar-refractivity contribution >= 4 is 23.2 Å². The molecule has 2 aromatic rings. The maximum absolute atomic E-state index is 10.9. The zero-order valence-corrected chi connectivity index (χ0v) is 14.2. The van der Waals surface area contributed by atoms with Gasteiger partial charge in [0.05, 0.1) is 6.61 Å². The Kier molecular flexibility index (Phi) is 5.60. The summed E-state index contributed by atoms with van der Waals surface area (Å²) in [6, 6.07) is 6.17. The summed E-state index contributed by atoms with van der Waals surface area (Å²) in [4.78, 5) is 16.8. The zero-order valence-electron chi connectivity index (χ0n) is 14.2. The number of fused-ring (bicyclic) bond motifs is 1. The molecule has 0 bridgehead atoms. The monoisotopic (exact) mass is 349 g/mol. The average Bonchev–Trinajstić information content (AvgIpc) is 3.00. The Morgan fingerprint density at radius 2 is 2.20 bits per heavy atom. The average molecular weight is 349 g/mol. The molecule has 136 valence electrons. The van der Waals surface area contributed by atoms with E-state index in [0.717, 1.165) is 30.5 Å². The fraction of sp³-hybridized carbons (Fsp3) is 0.529. The van der Waals surface area contributed by atoms with Gasteiger partial charge in [-0.1, -0.05) is 0 Å². The quantitative estimate of drug-likeness (QED) is 0.742. The summed E-state index contributed by atoms with van der Waals surface area (Å²) in [6.07, 6.45) is 1.44. The SMILES string of the molecule is COCCCOc1ccc2oc(NC3CCN(C(=O)O)CC3)nc2c1. The highest BCUT2D eigenvalue weighted by atomic mass is 16.5. The third-order valence-electron chi connectivity index (χ3n) is 4.21. The van der Waals surface area contributed by atoms with Crippen molar-refractivity contribution in [1.82, 2.24) is 9.88 Å². The van der Waals surface area contributed by atoms with E-state index < -0.39 is 6.09 Å². The smallest absolute Gasteiger partial charge is 0.407 e. The van der Waals surface area contributed by atoms with Crippen molar-refractivity contribution in [2.24, 2.45) is 0 Å². The van der Waals surface area contributed by atoms with E-state index in [1.807, 2.05) is 18.2 Å². The van der Waals surface area contributed by atoms with Crippen molar-refractivity contribution in [3.05, 3.63) is 18.2 Å². The molecule has 1 aromatic carbocycles. The molecular weight excluding hydrogens is 326 g/mol. The number of carbonyl (C=O) groups is 1. The van der Waals surface area contributed by atoms with Gasteiger partial charge in [-0.3, -0.25) is 0 Å². The van der Waals surface area contributed by atoms with Crippen molar-refractivity contribution in [3.8, 4) is 5.75 Å². The van der Waals surface area contributed by atoms with E-state index in [0.29, 0.717) is 37.9 Å². The minimum Gasteiger partial charge on any atom is -0.493 e. The first-order valence-corrected chi connectivity index (χ1v) is 8.42. The van der Waals surface area contributed by atoms with Gasteiger partial charge in [0.1, 0.15) is 11.3 Å². The summed E-state index contributed by atoms with van der Waals surface area (Å²) >= 11 is 0. The number of anilines is 1. The summed E-state index contributed by atoms with van der Waals surface area (Å²) in [5, 5.41) is 12.2. The molecule has 0 spiro atoms. The largest absolute Gasteiger partial charge is 0.493 e. The van der Waals surface area contributed by atoms with Crippen LogP contribution in [0.2, 0.25) is 0 Å². The Morgan fingerprint density at radius 1 is 1.40 bits per heavy atom. The Bertz CT molecular complexity index is 709. The number of benzene rings is 1. The summed E-state index contributed by atoms with van der Waals surface area (Å²) in [7, 11) is 1.67. The number of piperidine rings is 1. The van der Waals surface area contributed by atoms with Crippen LogP contribution in [0.4, 0.5) is 10.8 Å². The van der Waals surface area contributed by atoms with Gasteiger partial charge in [0.25, 0.3) is 6.01 Å². The van der Waals surface area contributed by atoms with Crippen molar-refractivity contribution in [3.63, 3.8) is 0 Å². The van der Waals surface area contributed by atoms with Gasteiger partial charge in [-0.25, -0.2) is 4.79 Å². The van der Waals surface area contributed by atoms with Gasteiger partial charge in [0, 0.05) is 45.3 Å². The predicted octanol–water partition coefficient (Wildman–Crippen LogP) is 2.80. The number of nitrogens with zero attached hydrogens (tertiary/aromatic N) is 2. The van der Waals surface area contributed by atoms with Crippen LogP contribution in [-0.4, -0.2) is 60.5 Å². The molecule has 1 aliphatic rings. The van der Waals surface area contributed by atoms with Gasteiger partial charge in [-0.05, 0) is 25.0 Å². The maximum atomic E-state index is 10.9. The standard InChI is InChI=1S/C17H23N3O5/c1-23-9-2-10-24-13-3-4-15-14(11-13)19-16(25-15)18-12-5-7-20(8-6-12)17(21)22/h3-4,11-12H,2,5-10H2,1H3,(H,18,19)(H,21,22). The van der Waals surface area contributed by atoms with Crippen LogP contribution in [0.3, 0.4) is 0 Å². The van der Waals surface area contributed by atoms with Gasteiger partial charge >= 0.3 is 6.09 Å². The molecule has 2 N–H and O–H groups in total. The molecule has 0 saturated carbocycles. The van der Waals surface area contributed by atoms with Crippen LogP contribution in [0.1, 0.15) is 19.3 Å². The van der Waals surface area contributed by atoms with Crippen LogP contribution in [0, 0.1) is 0 Å². The molecule has 1 saturated heterocycles. The molecule has 0 aliphatic carbocycles. The molecular formula is C17H23N3O5. The topological polar surface area (TPSA) is 97.1 Å². The summed E-state index contributed by atoms with van der Waals surface area (Å²) < 4.78 is 16.4. The van der Waals surface area contributed by atoms with E-state index in [9.17, 15) is 4.79 Å². The molecule has 8 heteroatoms. The molecule has 1 amide bonds. The Morgan fingerprint density at radius 3 is 2.92 bits per heavy atom. The van der Waals surface area contributed by atoms with Crippen molar-refractivity contribution in [1.29, 1.82) is 0 Å². The number of amides is 1. The minimum absolute atomic E-state index is 0.161. The number of methoxy groups -OCH3 is 1. The fourth-order valence-corrected chi connectivity index (χ4v) is 2.84. The number of rotatable bonds is 7. The van der Waals surface area contributed by atoms with Crippen LogP contribution in [0.15, 0.2) is 22.6 Å². The second-order valence-electron chi connectivity index (χ2n) is 6.03. The number of likely N-dealkylation sites (tertiary alicyclic amines) is 1. The first kappa shape index (κ1) is 17.3. The van der Waals surface area contributed by atoms with Gasteiger partial charge < -0.3 is 29.2 Å². The highest BCUT2D eigenvalue weighted by Crippen LogP contribution is 2.25. The minimum atomic E-state index is -0.863. The molecule has 25 heavy (non-hydrogen) atoms. The van der Waals surface area contributed by atoms with E-state index >= 15 is 0 Å². The lowest BCUT2D eigenvalue weighted by Gasteiger charge is -2.29. The second kappa shape index (κ2) is 8.06. The number of ether oxygens (including phenoxy) is 2. The van der Waals surface area contributed by atoms with Crippen LogP contribution in [0.25, 0.3) is 11.1 Å². The molecule has 3 rings (SSSR count). The van der Waals surface area contributed by atoms with Crippen LogP contribution in [-0.2, 0) is 4.74 Å². The summed E-state index contributed by atoms with van der Waals surface area (Å²) in [6.45, 7) is 2.30. The first-order chi connectivity index (χ1) is 12.2. The molecule has 1 aliphatic heterocycles. The van der Waals surface area contributed by atoms with Gasteiger partial charge in [-0.2, -0.15) is 4.98 Å². The molecule has 0 unspecified atom stereocenters. The third kappa shape index (κ3) is 4.54. The van der Waals surface area contributed by atoms with Gasteiger partial charge in [-0.15, -0.1) is 0 Å². The highest BCUT2D eigenvalue weighted by Gasteiger charge is 2.23. The van der Waals surface area contributed by atoms with Gasteiger partial charge in [0.2, 0.25) is 0 Å². The van der Waals surface area contributed by atoms with E-state index in [1.54, 1.807) is 7.11 Å². The number of hydrogen-bond acceptors (Lipinski definition) is 6. The van der Waals surface area contributed by atoms with E-state index in [4.69, 9.17) is 19.0 Å². The molecule has 2 heterocycles. The zero-order chi connectivity index (χ0) is 17.6. The van der Waals surface area contributed by atoms with E-state index in [2.05, 4.69) is 10.3 Å². The van der Waals surface area contributed by atoms with Crippen molar-refractivity contribution in [2.75, 3.05) is 38.7 Å². The lowest BCUT2D eigenvalue weighted by Crippen LogP contribution is -2.41. The molecule has 1 aromatic heterocycles. The molecule has 1 fully saturated rings. The van der Waals surface area contributed by atoms with Crippen LogP contribution < -0.4 is 10.1 Å². The van der Waals surface area contributed by atoms with E-state index in [1.165, 1.54) is 4.90 Å². The Labute approximate surface area is 145 Å². The van der Waals surface area contributed by atoms with Gasteiger partial charge in [0.15, 0.2) is 5.58 Å². The Hall–Kier alpha value is -2.48. The first-order valence-electron chi connectivity index (χ1n) is 8.42. The van der Waals surface area contributed by atoms with Crippen LogP contribution >= 0.6 is 0 Å². The van der Waals surface area contributed by atoms with Crippen molar-refractivity contribution < 1.29 is 23.8 Å². The molecule has 0 radical (unpaired) electrons. The lowest BCUT2D eigenvalue weighted by atomic mass is 10.1. The second-order valence-corrected chi connectivity index (χ2v) is 6.03. The molecule has 0 atom stereocenters. The molecule has 8 nitrogen and oxygen atoms in total. The maximum Gasteiger partial charge on any atom is 0.407 e. The number of aromatic nitrogens is 1. The van der Waals surface area contributed by atoms with Crippen molar-refractivity contribution in [2.45, 2.75) is 25.3 Å². The number of hydrogen-bond donors (Lipinski definition) is 2. The van der Waals surface area contributed by atoms with E-state index in [-0.39, 0.29) is 6.04 Å². The third-order valence-corrected chi connectivity index (χ3v) is 4.21. The summed E-state index contributed by atoms with van der Waals surface area (Å²) in [5.41, 5.74) is 1.42. The lowest BCUT2D eigenvalue weighted by molar-refractivity contribution is 0.133. The number of carboxylic acid groups (broad SMARTS) is 1. The van der Waals surface area contributed by atoms with Crippen LogP contribution in [0.5, 0.6) is 5.75 Å². The fourth-order valence-electron chi connectivity index (χ4n) is 2.84. The summed E-state index contributed by atoms with van der Waals surface area (Å²) in [5.74, 6) is 0.748.